The first-order valence-corrected chi connectivity index (χ1v) is 9.75. The smallest absolute Gasteiger partial charge is 0.325 e. The molecule has 1 N–H and O–H groups in total. The van der Waals surface area contributed by atoms with Gasteiger partial charge >= 0.3 is 5.97 Å². The molecule has 154 valence electrons. The van der Waals surface area contributed by atoms with Crippen LogP contribution in [0.1, 0.15) is 72.4 Å². The molecule has 0 atom stereocenters. The molecule has 0 aliphatic carbocycles. The second-order valence-electron chi connectivity index (χ2n) is 8.37. The van der Waals surface area contributed by atoms with Gasteiger partial charge in [0, 0.05) is 11.1 Å². The van der Waals surface area contributed by atoms with Gasteiger partial charge in [-0.1, -0.05) is 71.0 Å². The summed E-state index contributed by atoms with van der Waals surface area (Å²) in [5.74, 6) is -0.919. The number of amides is 1. The van der Waals surface area contributed by atoms with Crippen molar-refractivity contribution >= 4 is 17.7 Å². The summed E-state index contributed by atoms with van der Waals surface area (Å²) in [6, 6.07) is 14.5. The minimum atomic E-state index is -0.656. The minimum Gasteiger partial charge on any atom is -0.456 e. The van der Waals surface area contributed by atoms with Crippen molar-refractivity contribution < 1.29 is 19.1 Å². The largest absolute Gasteiger partial charge is 0.456 e. The van der Waals surface area contributed by atoms with Crippen LogP contribution in [0.3, 0.4) is 0 Å². The van der Waals surface area contributed by atoms with Crippen molar-refractivity contribution in [2.24, 2.45) is 0 Å². The molecular weight excluding hydrogens is 366 g/mol. The van der Waals surface area contributed by atoms with Gasteiger partial charge in [0.15, 0.2) is 12.4 Å². The van der Waals surface area contributed by atoms with Crippen molar-refractivity contribution in [1.82, 2.24) is 5.32 Å². The summed E-state index contributed by atoms with van der Waals surface area (Å²) in [4.78, 5) is 36.2. The standard InChI is InChI=1S/C24H29NO4/c1-16(2)17-6-8-18(9-7-17)21(26)15-29-22(27)14-25-23(28)19-10-12-20(13-11-19)24(3,4)5/h6-13,16H,14-15H2,1-5H3,(H,25,28). The molecule has 2 rings (SSSR count). The number of benzene rings is 2. The molecule has 29 heavy (non-hydrogen) atoms. The summed E-state index contributed by atoms with van der Waals surface area (Å²) in [6.07, 6.45) is 0. The van der Waals surface area contributed by atoms with Gasteiger partial charge in [-0.15, -0.1) is 0 Å². The molecule has 0 bridgehead atoms. The van der Waals surface area contributed by atoms with E-state index in [-0.39, 0.29) is 30.3 Å². The van der Waals surface area contributed by atoms with E-state index in [1.165, 1.54) is 0 Å². The van der Waals surface area contributed by atoms with Crippen molar-refractivity contribution in [3.05, 3.63) is 70.8 Å². The third-order valence-electron chi connectivity index (χ3n) is 4.67. The van der Waals surface area contributed by atoms with Gasteiger partial charge in [0.05, 0.1) is 0 Å². The third-order valence-corrected chi connectivity index (χ3v) is 4.67. The Balaban J connectivity index is 1.80. The number of hydrogen-bond donors (Lipinski definition) is 1. The van der Waals surface area contributed by atoms with E-state index in [0.717, 1.165) is 11.1 Å². The number of nitrogens with one attached hydrogen (secondary N) is 1. The van der Waals surface area contributed by atoms with E-state index < -0.39 is 5.97 Å². The number of carbonyl (C=O) groups excluding carboxylic acids is 3. The van der Waals surface area contributed by atoms with Crippen LogP contribution >= 0.6 is 0 Å². The minimum absolute atomic E-state index is 0.000454. The molecule has 0 unspecified atom stereocenters. The molecule has 0 aliphatic heterocycles. The topological polar surface area (TPSA) is 72.5 Å². The van der Waals surface area contributed by atoms with Crippen LogP contribution in [0, 0.1) is 0 Å². The number of rotatable bonds is 7. The number of ketones is 1. The maximum Gasteiger partial charge on any atom is 0.325 e. The SMILES string of the molecule is CC(C)c1ccc(C(=O)COC(=O)CNC(=O)c2ccc(C(C)(C)C)cc2)cc1. The molecule has 0 aromatic heterocycles. The van der Waals surface area contributed by atoms with Gasteiger partial charge in [-0.2, -0.15) is 0 Å². The van der Waals surface area contributed by atoms with Crippen LogP contribution in [0.2, 0.25) is 0 Å². The lowest BCUT2D eigenvalue weighted by Crippen LogP contribution is -2.31. The normalized spacial score (nSPS) is 11.2. The Labute approximate surface area is 172 Å². The maximum absolute atomic E-state index is 12.2. The predicted octanol–water partition coefficient (Wildman–Crippen LogP) is 4.26. The molecule has 5 heteroatoms. The number of esters is 1. The molecule has 5 nitrogen and oxygen atoms in total. The number of hydrogen-bond acceptors (Lipinski definition) is 4. The van der Waals surface area contributed by atoms with E-state index >= 15 is 0 Å². The van der Waals surface area contributed by atoms with Crippen LogP contribution in [0.25, 0.3) is 0 Å². The molecule has 0 saturated heterocycles. The van der Waals surface area contributed by atoms with E-state index in [1.54, 1.807) is 24.3 Å². The Morgan fingerprint density at radius 1 is 0.897 bits per heavy atom. The molecule has 0 aliphatic rings. The summed E-state index contributed by atoms with van der Waals surface area (Å²) in [7, 11) is 0. The lowest BCUT2D eigenvalue weighted by Gasteiger charge is -2.19. The average molecular weight is 395 g/mol. The Morgan fingerprint density at radius 3 is 1.97 bits per heavy atom. The summed E-state index contributed by atoms with van der Waals surface area (Å²) in [5, 5.41) is 2.52. The van der Waals surface area contributed by atoms with Crippen LogP contribution in [0.4, 0.5) is 0 Å². The summed E-state index contributed by atoms with van der Waals surface area (Å²) in [5.41, 5.74) is 3.21. The van der Waals surface area contributed by atoms with E-state index in [2.05, 4.69) is 39.9 Å². The van der Waals surface area contributed by atoms with Gasteiger partial charge in [0.1, 0.15) is 6.54 Å². The van der Waals surface area contributed by atoms with Crippen LogP contribution in [-0.4, -0.2) is 30.8 Å². The molecular formula is C24H29NO4. The first-order valence-electron chi connectivity index (χ1n) is 9.75. The van der Waals surface area contributed by atoms with Gasteiger partial charge in [-0.05, 0) is 34.6 Å². The molecule has 1 amide bonds. The number of carbonyl (C=O) groups is 3. The van der Waals surface area contributed by atoms with Crippen molar-refractivity contribution in [3.63, 3.8) is 0 Å². The number of ether oxygens (including phenoxy) is 1. The molecule has 0 fully saturated rings. The Hall–Kier alpha value is -2.95. The highest BCUT2D eigenvalue weighted by Gasteiger charge is 2.15. The van der Waals surface area contributed by atoms with Gasteiger partial charge in [-0.25, -0.2) is 0 Å². The first kappa shape index (κ1) is 22.3. The fourth-order valence-electron chi connectivity index (χ4n) is 2.71. The Morgan fingerprint density at radius 2 is 1.45 bits per heavy atom. The van der Waals surface area contributed by atoms with Crippen LogP contribution in [0.15, 0.2) is 48.5 Å². The highest BCUT2D eigenvalue weighted by molar-refractivity contribution is 5.98. The Kier molecular flexibility index (Phi) is 7.32. The monoisotopic (exact) mass is 395 g/mol. The molecule has 2 aromatic carbocycles. The van der Waals surface area contributed by atoms with Crippen molar-refractivity contribution in [2.75, 3.05) is 13.2 Å². The predicted molar refractivity (Wildman–Crippen MR) is 113 cm³/mol. The lowest BCUT2D eigenvalue weighted by molar-refractivity contribution is -0.141. The third kappa shape index (κ3) is 6.56. The first-order chi connectivity index (χ1) is 13.6. The van der Waals surface area contributed by atoms with E-state index in [0.29, 0.717) is 17.0 Å². The molecule has 0 heterocycles. The fraction of sp³-hybridized carbons (Fsp3) is 0.375. The van der Waals surface area contributed by atoms with E-state index in [9.17, 15) is 14.4 Å². The molecule has 0 saturated carbocycles. The van der Waals surface area contributed by atoms with Gasteiger partial charge in [0.2, 0.25) is 0 Å². The van der Waals surface area contributed by atoms with E-state index in [4.69, 9.17) is 4.74 Å². The lowest BCUT2D eigenvalue weighted by atomic mass is 9.87. The van der Waals surface area contributed by atoms with Gasteiger partial charge in [0.25, 0.3) is 5.91 Å². The molecule has 2 aromatic rings. The van der Waals surface area contributed by atoms with Gasteiger partial charge < -0.3 is 10.1 Å². The highest BCUT2D eigenvalue weighted by Crippen LogP contribution is 2.22. The summed E-state index contributed by atoms with van der Waals surface area (Å²) in [6.45, 7) is 9.79. The van der Waals surface area contributed by atoms with Crippen LogP contribution < -0.4 is 5.32 Å². The van der Waals surface area contributed by atoms with Crippen LogP contribution in [-0.2, 0) is 14.9 Å². The van der Waals surface area contributed by atoms with Crippen molar-refractivity contribution in [3.8, 4) is 0 Å². The zero-order valence-electron chi connectivity index (χ0n) is 17.7. The zero-order chi connectivity index (χ0) is 21.6. The van der Waals surface area contributed by atoms with Crippen molar-refractivity contribution in [1.29, 1.82) is 0 Å². The number of Topliss-reactive ketones (excluding diaryl/α,β-unsaturated/α-hetero) is 1. The zero-order valence-corrected chi connectivity index (χ0v) is 17.7. The summed E-state index contributed by atoms with van der Waals surface area (Å²) >= 11 is 0. The highest BCUT2D eigenvalue weighted by atomic mass is 16.5. The molecule has 0 spiro atoms. The average Bonchev–Trinajstić information content (AvgIpc) is 2.69. The van der Waals surface area contributed by atoms with Crippen molar-refractivity contribution in [2.45, 2.75) is 46.0 Å². The summed E-state index contributed by atoms with van der Waals surface area (Å²) < 4.78 is 4.98. The quantitative estimate of drug-likeness (QED) is 0.561. The maximum atomic E-state index is 12.2. The second kappa shape index (κ2) is 9.50. The second-order valence-corrected chi connectivity index (χ2v) is 8.37. The fourth-order valence-corrected chi connectivity index (χ4v) is 2.71. The van der Waals surface area contributed by atoms with Crippen LogP contribution in [0.5, 0.6) is 0 Å². The Bertz CT molecular complexity index is 859. The van der Waals surface area contributed by atoms with Gasteiger partial charge in [-0.3, -0.25) is 14.4 Å². The van der Waals surface area contributed by atoms with E-state index in [1.807, 2.05) is 24.3 Å². The molecule has 0 radical (unpaired) electrons.